The summed E-state index contributed by atoms with van der Waals surface area (Å²) in [7, 11) is 4.44. The summed E-state index contributed by atoms with van der Waals surface area (Å²) >= 11 is 12.8. The Morgan fingerprint density at radius 2 is 1.62 bits per heavy atom. The number of methoxy groups -OCH3 is 2. The van der Waals surface area contributed by atoms with Gasteiger partial charge in [0.1, 0.15) is 39.5 Å². The van der Waals surface area contributed by atoms with Gasteiger partial charge in [0.2, 0.25) is 0 Å². The zero-order valence-electron chi connectivity index (χ0n) is 22.1. The number of anilines is 5. The highest BCUT2D eigenvalue weighted by atomic mass is 35.5. The van der Waals surface area contributed by atoms with Gasteiger partial charge in [-0.2, -0.15) is 0 Å². The molecule has 40 heavy (non-hydrogen) atoms. The van der Waals surface area contributed by atoms with Crippen molar-refractivity contribution in [2.75, 3.05) is 74.4 Å². The Morgan fingerprint density at radius 1 is 1.00 bits per heavy atom. The largest absolute Gasteiger partial charge is 0.495 e. The maximum atomic E-state index is 13.0. The Hall–Kier alpha value is -4.00. The summed E-state index contributed by atoms with van der Waals surface area (Å²) < 4.78 is 10.5. The number of aromatic nitrogens is 2. The minimum Gasteiger partial charge on any atom is -0.495 e. The molecule has 1 saturated heterocycles. The molecule has 1 aliphatic rings. The van der Waals surface area contributed by atoms with Gasteiger partial charge >= 0.3 is 12.0 Å². The lowest BCUT2D eigenvalue weighted by Gasteiger charge is -2.35. The zero-order valence-corrected chi connectivity index (χ0v) is 23.7. The predicted molar refractivity (Wildman–Crippen MR) is 155 cm³/mol. The van der Waals surface area contributed by atoms with Gasteiger partial charge in [0.25, 0.3) is 0 Å². The summed E-state index contributed by atoms with van der Waals surface area (Å²) in [6.45, 7) is 2.96. The minimum atomic E-state index is -0.810. The smallest absolute Gasteiger partial charge is 0.327 e. The molecule has 0 bridgehead atoms. The maximum absolute atomic E-state index is 13.0. The second kappa shape index (κ2) is 12.9. The number of rotatable bonds is 9. The molecule has 12 nitrogen and oxygen atoms in total. The van der Waals surface area contributed by atoms with Crippen LogP contribution < -0.4 is 29.9 Å². The van der Waals surface area contributed by atoms with Gasteiger partial charge < -0.3 is 30.1 Å². The van der Waals surface area contributed by atoms with Crippen LogP contribution in [0.5, 0.6) is 11.5 Å². The predicted octanol–water partition coefficient (Wildman–Crippen LogP) is 4.42. The van der Waals surface area contributed by atoms with E-state index in [2.05, 4.69) is 25.5 Å². The summed E-state index contributed by atoms with van der Waals surface area (Å²) in [6, 6.07) is 10.5. The van der Waals surface area contributed by atoms with Crippen molar-refractivity contribution in [1.82, 2.24) is 14.9 Å². The second-order valence-corrected chi connectivity index (χ2v) is 9.62. The van der Waals surface area contributed by atoms with E-state index in [1.807, 2.05) is 29.2 Å². The fraction of sp³-hybridized carbons (Fsp3) is 0.308. The fourth-order valence-electron chi connectivity index (χ4n) is 4.15. The van der Waals surface area contributed by atoms with Crippen LogP contribution in [0, 0.1) is 0 Å². The van der Waals surface area contributed by atoms with E-state index >= 15 is 0 Å². The van der Waals surface area contributed by atoms with E-state index < -0.39 is 12.0 Å². The zero-order chi connectivity index (χ0) is 28.8. The van der Waals surface area contributed by atoms with E-state index in [4.69, 9.17) is 37.8 Å². The number of hydrogen-bond acceptors (Lipinski definition) is 9. The van der Waals surface area contributed by atoms with Gasteiger partial charge in [-0.3, -0.25) is 14.6 Å². The number of amides is 2. The van der Waals surface area contributed by atoms with Crippen molar-refractivity contribution in [3.8, 4) is 11.5 Å². The first kappa shape index (κ1) is 29.0. The third kappa shape index (κ3) is 6.76. The average molecular weight is 590 g/mol. The molecule has 4 rings (SSSR count). The van der Waals surface area contributed by atoms with Gasteiger partial charge in [-0.1, -0.05) is 23.2 Å². The fourth-order valence-corrected chi connectivity index (χ4v) is 4.74. The number of piperazine rings is 1. The SMILES string of the molecule is COc1cc(OC)c(Cl)c(NC(=O)N(C)c2cc(Nc3ccc(N4CCN(CC(=O)O)CC4)cc3)ncn2)c1Cl. The molecule has 1 fully saturated rings. The van der Waals surface area contributed by atoms with Crippen LogP contribution in [0.3, 0.4) is 0 Å². The molecule has 3 aromatic rings. The van der Waals surface area contributed by atoms with Crippen molar-refractivity contribution in [2.45, 2.75) is 0 Å². The van der Waals surface area contributed by atoms with Crippen molar-refractivity contribution in [1.29, 1.82) is 0 Å². The lowest BCUT2D eigenvalue weighted by molar-refractivity contribution is -0.138. The highest BCUT2D eigenvalue weighted by Gasteiger charge is 2.22. The summed E-state index contributed by atoms with van der Waals surface area (Å²) in [5.41, 5.74) is 1.99. The number of urea groups is 1. The topological polar surface area (TPSA) is 132 Å². The second-order valence-electron chi connectivity index (χ2n) is 8.86. The van der Waals surface area contributed by atoms with E-state index in [0.717, 1.165) is 24.5 Å². The average Bonchev–Trinajstić information content (AvgIpc) is 2.95. The van der Waals surface area contributed by atoms with E-state index in [9.17, 15) is 9.59 Å². The molecule has 0 atom stereocenters. The number of carbonyl (C=O) groups excluding carboxylic acids is 1. The third-order valence-electron chi connectivity index (χ3n) is 6.34. The van der Waals surface area contributed by atoms with Crippen LogP contribution in [-0.2, 0) is 4.79 Å². The number of aliphatic carboxylic acids is 1. The summed E-state index contributed by atoms with van der Waals surface area (Å²) in [4.78, 5) is 37.9. The summed E-state index contributed by atoms with van der Waals surface area (Å²) in [6.07, 6.45) is 1.35. The number of benzene rings is 2. The number of ether oxygens (including phenoxy) is 2. The van der Waals surface area contributed by atoms with E-state index in [1.54, 1.807) is 13.1 Å². The maximum Gasteiger partial charge on any atom is 0.327 e. The molecule has 212 valence electrons. The van der Waals surface area contributed by atoms with Crippen molar-refractivity contribution in [3.05, 3.63) is 52.8 Å². The Kier molecular flexibility index (Phi) is 9.35. The molecule has 14 heteroatoms. The molecule has 0 spiro atoms. The number of nitrogens with one attached hydrogen (secondary N) is 2. The molecular weight excluding hydrogens is 561 g/mol. The third-order valence-corrected chi connectivity index (χ3v) is 7.09. The van der Waals surface area contributed by atoms with Crippen LogP contribution in [0.2, 0.25) is 10.0 Å². The molecule has 3 N–H and O–H groups in total. The van der Waals surface area contributed by atoms with Crippen molar-refractivity contribution < 1.29 is 24.2 Å². The first-order valence-corrected chi connectivity index (χ1v) is 13.0. The molecule has 0 unspecified atom stereocenters. The van der Waals surface area contributed by atoms with Crippen molar-refractivity contribution in [3.63, 3.8) is 0 Å². The molecule has 0 aliphatic carbocycles. The van der Waals surface area contributed by atoms with E-state index in [1.165, 1.54) is 31.5 Å². The standard InChI is InChI=1S/C26H29Cl2N7O5/c1-33(26(38)32-25-23(27)18(39-2)12-19(40-3)24(25)28)21-13-20(29-15-30-21)31-16-4-6-17(7-5-16)35-10-8-34(9-11-35)14-22(36)37/h4-7,12-13,15H,8-11,14H2,1-3H3,(H,32,38)(H,36,37)(H,29,30,31). The Labute approximate surface area is 241 Å². The van der Waals surface area contributed by atoms with Gasteiger partial charge in [-0.25, -0.2) is 14.8 Å². The monoisotopic (exact) mass is 589 g/mol. The number of hydrogen-bond donors (Lipinski definition) is 3. The van der Waals surface area contributed by atoms with E-state index in [0.29, 0.717) is 36.2 Å². The normalized spacial score (nSPS) is 13.5. The van der Waals surface area contributed by atoms with Crippen molar-refractivity contribution >= 4 is 63.9 Å². The molecule has 2 heterocycles. The highest BCUT2D eigenvalue weighted by Crippen LogP contribution is 2.44. The molecule has 2 amide bonds. The van der Waals surface area contributed by atoms with Gasteiger partial charge in [0, 0.05) is 56.7 Å². The Balaban J connectivity index is 1.41. The highest BCUT2D eigenvalue weighted by molar-refractivity contribution is 6.41. The molecule has 0 saturated carbocycles. The van der Waals surface area contributed by atoms with E-state index in [-0.39, 0.29) is 22.3 Å². The number of nitrogens with zero attached hydrogens (tertiary/aromatic N) is 5. The molecule has 1 aliphatic heterocycles. The first-order chi connectivity index (χ1) is 19.2. The van der Waals surface area contributed by atoms with Crippen LogP contribution in [0.15, 0.2) is 42.7 Å². The van der Waals surface area contributed by atoms with Crippen molar-refractivity contribution in [2.24, 2.45) is 0 Å². The number of carboxylic acids is 1. The summed E-state index contributed by atoms with van der Waals surface area (Å²) in [5, 5.41) is 15.1. The number of carboxylic acid groups (broad SMARTS) is 1. The molecule has 0 radical (unpaired) electrons. The molecule has 2 aromatic carbocycles. The van der Waals surface area contributed by atoms with Gasteiger partial charge in [0.15, 0.2) is 0 Å². The van der Waals surface area contributed by atoms with Crippen LogP contribution in [0.1, 0.15) is 0 Å². The minimum absolute atomic E-state index is 0.0612. The van der Waals surface area contributed by atoms with Gasteiger partial charge in [-0.15, -0.1) is 0 Å². The van der Waals surface area contributed by atoms with Crippen LogP contribution in [0.4, 0.5) is 33.5 Å². The summed E-state index contributed by atoms with van der Waals surface area (Å²) in [5.74, 6) is 0.586. The van der Waals surface area contributed by atoms with Crippen LogP contribution in [0.25, 0.3) is 0 Å². The van der Waals surface area contributed by atoms with Crippen LogP contribution >= 0.6 is 23.2 Å². The quantitative estimate of drug-likeness (QED) is 0.329. The van der Waals surface area contributed by atoms with Gasteiger partial charge in [-0.05, 0) is 24.3 Å². The number of halogens is 2. The number of carbonyl (C=O) groups is 2. The van der Waals surface area contributed by atoms with Crippen LogP contribution in [-0.4, -0.2) is 86.0 Å². The Bertz CT molecular complexity index is 1340. The lowest BCUT2D eigenvalue weighted by atomic mass is 10.2. The Morgan fingerprint density at radius 3 is 2.20 bits per heavy atom. The lowest BCUT2D eigenvalue weighted by Crippen LogP contribution is -2.47. The van der Waals surface area contributed by atoms with Gasteiger partial charge in [0.05, 0.1) is 26.5 Å². The molecular formula is C26H29Cl2N7O5. The molecule has 1 aromatic heterocycles. The first-order valence-electron chi connectivity index (χ1n) is 12.2.